The number of nitrogens with zero attached hydrogens (tertiary/aromatic N) is 1. The molecule has 1 atom stereocenters. The number of unbranched alkanes of at least 4 members (excludes halogenated alkanes) is 1. The van der Waals surface area contributed by atoms with Gasteiger partial charge in [0.15, 0.2) is 0 Å². The van der Waals surface area contributed by atoms with Gasteiger partial charge in [-0.25, -0.2) is 0 Å². The smallest absolute Gasteiger partial charge is 0.427 e. The molecule has 1 heterocycles. The van der Waals surface area contributed by atoms with Gasteiger partial charge in [0.05, 0.1) is 0 Å². The number of carbonyl (C=O) groups excluding carboxylic acids is 2. The van der Waals surface area contributed by atoms with E-state index in [-0.39, 0.29) is 12.2 Å². The van der Waals surface area contributed by atoms with Gasteiger partial charge in [0.2, 0.25) is 0 Å². The molecule has 7 heteroatoms. The lowest BCUT2D eigenvalue weighted by atomic mass is 9.83. The van der Waals surface area contributed by atoms with Crippen molar-refractivity contribution in [1.82, 2.24) is 4.90 Å². The van der Waals surface area contributed by atoms with E-state index in [1.807, 2.05) is 0 Å². The van der Waals surface area contributed by atoms with Crippen LogP contribution in [-0.4, -0.2) is 47.3 Å². The number of nitrogens with two attached hydrogens (primary N) is 1. The molecule has 0 spiro atoms. The van der Waals surface area contributed by atoms with Crippen molar-refractivity contribution in [1.29, 1.82) is 0 Å². The molecule has 0 bridgehead atoms. The fourth-order valence-electron chi connectivity index (χ4n) is 2.97. The maximum atomic E-state index is 8.79. The Kier molecular flexibility index (Phi) is 10.2. The van der Waals surface area contributed by atoms with Crippen LogP contribution in [0.1, 0.15) is 36.8 Å². The van der Waals surface area contributed by atoms with Crippen molar-refractivity contribution in [3.63, 3.8) is 0 Å². The molecular weight excluding hydrogens is 307 g/mol. The van der Waals surface area contributed by atoms with E-state index in [1.165, 1.54) is 11.1 Å². The van der Waals surface area contributed by atoms with Crippen LogP contribution in [0.3, 0.4) is 0 Å². The molecule has 1 unspecified atom stereocenters. The summed E-state index contributed by atoms with van der Waals surface area (Å²) in [6, 6.07) is 8.91. The highest BCUT2D eigenvalue weighted by Crippen LogP contribution is 2.18. The topological polar surface area (TPSA) is 104 Å². The van der Waals surface area contributed by atoms with Crippen molar-refractivity contribution >= 4 is 13.3 Å². The molecule has 0 radical (unpaired) electrons. The average Bonchev–Trinajstić information content (AvgIpc) is 2.57. The van der Waals surface area contributed by atoms with Crippen LogP contribution in [0, 0.1) is 0 Å². The highest BCUT2D eigenvalue weighted by atomic mass is 16.4. The minimum absolute atomic E-state index is 0.220. The maximum absolute atomic E-state index is 8.79. The third kappa shape index (κ3) is 8.38. The maximum Gasteiger partial charge on any atom is 0.451 e. The van der Waals surface area contributed by atoms with Gasteiger partial charge in [0, 0.05) is 19.1 Å². The predicted octanol–water partition coefficient (Wildman–Crippen LogP) is 0.822. The summed E-state index contributed by atoms with van der Waals surface area (Å²) in [6.45, 7) is 3.22. The fraction of sp³-hybridized carbons (Fsp3) is 0.588. The van der Waals surface area contributed by atoms with Gasteiger partial charge < -0.3 is 15.8 Å². The van der Waals surface area contributed by atoms with E-state index in [0.29, 0.717) is 6.32 Å². The number of benzene rings is 1. The average molecular weight is 334 g/mol. The number of hydrogen-bond donors (Lipinski definition) is 3. The Hall–Kier alpha value is -1.50. The van der Waals surface area contributed by atoms with Gasteiger partial charge in [0.25, 0.3) is 0 Å². The quantitative estimate of drug-likeness (QED) is 0.480. The Morgan fingerprint density at radius 2 is 1.83 bits per heavy atom. The lowest BCUT2D eigenvalue weighted by molar-refractivity contribution is -0.191. The first-order chi connectivity index (χ1) is 11.6. The van der Waals surface area contributed by atoms with Gasteiger partial charge in [-0.3, -0.25) is 4.90 Å². The molecule has 1 aliphatic heterocycles. The van der Waals surface area contributed by atoms with Gasteiger partial charge in [-0.15, -0.1) is 0 Å². The Labute approximate surface area is 143 Å². The molecule has 4 N–H and O–H groups in total. The molecule has 1 aromatic carbocycles. The first kappa shape index (κ1) is 20.5. The van der Waals surface area contributed by atoms with E-state index in [1.54, 1.807) is 0 Å². The number of hydrogen-bond acceptors (Lipinski definition) is 6. The van der Waals surface area contributed by atoms with Crippen LogP contribution in [0.5, 0.6) is 0 Å². The molecule has 0 saturated heterocycles. The molecule has 1 aromatic rings. The van der Waals surface area contributed by atoms with Gasteiger partial charge in [-0.05, 0) is 43.3 Å². The lowest BCUT2D eigenvalue weighted by Crippen LogP contribution is -2.34. The van der Waals surface area contributed by atoms with Crippen molar-refractivity contribution in [3.05, 3.63) is 35.4 Å². The molecule has 0 aromatic heterocycles. The second-order valence-corrected chi connectivity index (χ2v) is 6.19. The van der Waals surface area contributed by atoms with Crippen molar-refractivity contribution in [2.24, 2.45) is 5.73 Å². The van der Waals surface area contributed by atoms with Crippen molar-refractivity contribution < 1.29 is 19.6 Å². The summed E-state index contributed by atoms with van der Waals surface area (Å²) in [5.41, 5.74) is 9.09. The molecule has 0 amide bonds. The summed E-state index contributed by atoms with van der Waals surface area (Å²) in [5.74, 6) is 0. The molecule has 2 rings (SSSR count). The van der Waals surface area contributed by atoms with E-state index in [2.05, 4.69) is 29.2 Å². The molecule has 6 nitrogen and oxygen atoms in total. The van der Waals surface area contributed by atoms with Crippen LogP contribution in [0.15, 0.2) is 24.3 Å². The van der Waals surface area contributed by atoms with Crippen LogP contribution >= 0.6 is 0 Å². The second kappa shape index (κ2) is 12.0. The predicted molar refractivity (Wildman–Crippen MR) is 91.9 cm³/mol. The fourth-order valence-corrected chi connectivity index (χ4v) is 2.97. The van der Waals surface area contributed by atoms with Crippen molar-refractivity contribution in [2.75, 3.05) is 13.1 Å². The van der Waals surface area contributed by atoms with Gasteiger partial charge in [0.1, 0.15) is 0 Å². The zero-order chi connectivity index (χ0) is 17.8. The Morgan fingerprint density at radius 3 is 2.50 bits per heavy atom. The van der Waals surface area contributed by atoms with E-state index in [0.717, 1.165) is 51.7 Å². The van der Waals surface area contributed by atoms with E-state index in [9.17, 15) is 0 Å². The zero-order valence-electron chi connectivity index (χ0n) is 14.1. The first-order valence-corrected chi connectivity index (χ1v) is 8.47. The second-order valence-electron chi connectivity index (χ2n) is 6.19. The van der Waals surface area contributed by atoms with Gasteiger partial charge in [-0.1, -0.05) is 37.1 Å². The third-order valence-corrected chi connectivity index (χ3v) is 4.31. The summed E-state index contributed by atoms with van der Waals surface area (Å²) < 4.78 is 0. The monoisotopic (exact) mass is 334 g/mol. The Balaban J connectivity index is 0.000000891. The van der Waals surface area contributed by atoms with Crippen LogP contribution < -0.4 is 5.73 Å². The summed E-state index contributed by atoms with van der Waals surface area (Å²) in [7, 11) is -1.17. The highest BCUT2D eigenvalue weighted by molar-refractivity contribution is 6.40. The molecule has 0 aliphatic carbocycles. The standard InChI is InChI=1S/C16H27BN2O2.CO2/c18-16(7-3-4-10-17(20)21)9-12-19-11-8-14-5-1-2-6-15(14)13-19;2-1-3/h1-2,5-6,16,20-21H,3-4,7-13,18H2;. The van der Waals surface area contributed by atoms with E-state index < -0.39 is 7.12 Å². The zero-order valence-corrected chi connectivity index (χ0v) is 14.1. The van der Waals surface area contributed by atoms with Crippen molar-refractivity contribution in [2.45, 2.75) is 51.0 Å². The Morgan fingerprint density at radius 1 is 1.17 bits per heavy atom. The Bertz CT molecular complexity index is 507. The summed E-state index contributed by atoms with van der Waals surface area (Å²) in [6.07, 6.45) is 5.64. The lowest BCUT2D eigenvalue weighted by Gasteiger charge is -2.29. The first-order valence-electron chi connectivity index (χ1n) is 8.47. The molecule has 0 saturated carbocycles. The SMILES string of the molecule is NC(CCCCB(O)O)CCN1CCc2ccccc2C1.O=C=O. The molecular formula is C17H27BN2O4. The minimum Gasteiger partial charge on any atom is -0.427 e. The van der Waals surface area contributed by atoms with Crippen molar-refractivity contribution in [3.8, 4) is 0 Å². The van der Waals surface area contributed by atoms with Crippen LogP contribution in [0.2, 0.25) is 6.32 Å². The molecule has 0 fully saturated rings. The van der Waals surface area contributed by atoms with E-state index >= 15 is 0 Å². The largest absolute Gasteiger partial charge is 0.451 e. The minimum atomic E-state index is -1.17. The third-order valence-electron chi connectivity index (χ3n) is 4.31. The molecule has 24 heavy (non-hydrogen) atoms. The van der Waals surface area contributed by atoms with Crippen LogP contribution in [0.4, 0.5) is 0 Å². The summed E-state index contributed by atoms with van der Waals surface area (Å²) >= 11 is 0. The van der Waals surface area contributed by atoms with Gasteiger partial charge >= 0.3 is 13.3 Å². The number of fused-ring (bicyclic) bond motifs is 1. The molecule has 132 valence electrons. The molecule has 1 aliphatic rings. The summed E-state index contributed by atoms with van der Waals surface area (Å²) in [5, 5.41) is 17.6. The van der Waals surface area contributed by atoms with Crippen LogP contribution in [-0.2, 0) is 22.6 Å². The van der Waals surface area contributed by atoms with Gasteiger partial charge in [-0.2, -0.15) is 9.59 Å². The summed E-state index contributed by atoms with van der Waals surface area (Å²) in [4.78, 5) is 18.7. The number of rotatable bonds is 8. The highest BCUT2D eigenvalue weighted by Gasteiger charge is 2.16. The van der Waals surface area contributed by atoms with E-state index in [4.69, 9.17) is 25.4 Å². The normalized spacial score (nSPS) is 14.8. The van der Waals surface area contributed by atoms with Crippen LogP contribution in [0.25, 0.3) is 0 Å².